The molecule has 0 radical (unpaired) electrons. The fourth-order valence-electron chi connectivity index (χ4n) is 1.19. The van der Waals surface area contributed by atoms with Crippen LogP contribution in [0.2, 0.25) is 0 Å². The summed E-state index contributed by atoms with van der Waals surface area (Å²) in [6.45, 7) is 1.37. The van der Waals surface area contributed by atoms with Gasteiger partial charge in [-0.05, 0) is 0 Å². The van der Waals surface area contributed by atoms with Crippen molar-refractivity contribution in [3.8, 4) is 5.88 Å². The lowest BCUT2D eigenvalue weighted by atomic mass is 10.5. The summed E-state index contributed by atoms with van der Waals surface area (Å²) >= 11 is 0. The third kappa shape index (κ3) is 1.88. The Bertz CT molecular complexity index is 542. The molecule has 2 aromatic heterocycles. The molecule has 0 spiro atoms. The van der Waals surface area contributed by atoms with Gasteiger partial charge in [-0.1, -0.05) is 0 Å². The van der Waals surface area contributed by atoms with Gasteiger partial charge in [-0.15, -0.1) is 0 Å². The summed E-state index contributed by atoms with van der Waals surface area (Å²) in [6, 6.07) is 0. The van der Waals surface area contributed by atoms with E-state index in [4.69, 9.17) is 4.74 Å². The molecule has 7 nitrogen and oxygen atoms in total. The molecular formula is C9H9N5O2. The van der Waals surface area contributed by atoms with Gasteiger partial charge < -0.3 is 4.74 Å². The van der Waals surface area contributed by atoms with Gasteiger partial charge in [-0.2, -0.15) is 9.97 Å². The van der Waals surface area contributed by atoms with Gasteiger partial charge in [-0.25, -0.2) is 9.97 Å². The molecule has 0 aromatic carbocycles. The first kappa shape index (κ1) is 10.2. The van der Waals surface area contributed by atoms with Crippen molar-refractivity contribution in [3.63, 3.8) is 0 Å². The van der Waals surface area contributed by atoms with E-state index in [2.05, 4.69) is 25.3 Å². The van der Waals surface area contributed by atoms with E-state index in [1.165, 1.54) is 26.4 Å². The standard InChI is InChI=1S/C9H9N5O2/c1-5(15)12-9-13-7-6(8(14-9)16-2)10-3-4-11-7/h3-4H,1-2H3,(H,11,12,13,14,15). The van der Waals surface area contributed by atoms with E-state index in [1.54, 1.807) is 0 Å². The van der Waals surface area contributed by atoms with E-state index in [1.807, 2.05) is 0 Å². The first-order valence-corrected chi connectivity index (χ1v) is 4.51. The number of aromatic nitrogens is 4. The van der Waals surface area contributed by atoms with Gasteiger partial charge in [0.15, 0.2) is 11.2 Å². The van der Waals surface area contributed by atoms with Gasteiger partial charge in [0, 0.05) is 19.3 Å². The van der Waals surface area contributed by atoms with E-state index in [0.717, 1.165) is 0 Å². The van der Waals surface area contributed by atoms with Gasteiger partial charge in [0.25, 0.3) is 0 Å². The maximum atomic E-state index is 10.9. The van der Waals surface area contributed by atoms with Gasteiger partial charge in [0.05, 0.1) is 7.11 Å². The van der Waals surface area contributed by atoms with E-state index in [9.17, 15) is 4.79 Å². The van der Waals surface area contributed by atoms with Crippen LogP contribution in [0.1, 0.15) is 6.92 Å². The molecule has 1 amide bonds. The molecule has 2 aromatic rings. The van der Waals surface area contributed by atoms with Crippen molar-refractivity contribution in [2.45, 2.75) is 6.92 Å². The molecule has 16 heavy (non-hydrogen) atoms. The third-order valence-electron chi connectivity index (χ3n) is 1.78. The highest BCUT2D eigenvalue weighted by Crippen LogP contribution is 2.19. The number of amides is 1. The Morgan fingerprint density at radius 1 is 1.31 bits per heavy atom. The summed E-state index contributed by atoms with van der Waals surface area (Å²) in [7, 11) is 1.47. The molecule has 7 heteroatoms. The number of hydrogen-bond acceptors (Lipinski definition) is 6. The minimum absolute atomic E-state index is 0.150. The Kier molecular flexibility index (Phi) is 2.59. The van der Waals surface area contributed by atoms with Gasteiger partial charge in [0.1, 0.15) is 0 Å². The fraction of sp³-hybridized carbons (Fsp3) is 0.222. The van der Waals surface area contributed by atoms with Crippen molar-refractivity contribution >= 4 is 23.0 Å². The summed E-state index contributed by atoms with van der Waals surface area (Å²) in [5, 5.41) is 2.46. The number of fused-ring (bicyclic) bond motifs is 1. The summed E-state index contributed by atoms with van der Waals surface area (Å²) < 4.78 is 5.04. The molecule has 0 aliphatic carbocycles. The molecule has 0 saturated carbocycles. The number of carbonyl (C=O) groups is 1. The normalized spacial score (nSPS) is 10.1. The molecule has 0 aliphatic heterocycles. The van der Waals surface area contributed by atoms with Crippen molar-refractivity contribution in [2.24, 2.45) is 0 Å². The molecule has 0 unspecified atom stereocenters. The quantitative estimate of drug-likeness (QED) is 0.785. The first-order valence-electron chi connectivity index (χ1n) is 4.51. The highest BCUT2D eigenvalue weighted by molar-refractivity contribution is 5.88. The summed E-state index contributed by atoms with van der Waals surface area (Å²) in [5.41, 5.74) is 0.831. The fourth-order valence-corrected chi connectivity index (χ4v) is 1.19. The zero-order valence-electron chi connectivity index (χ0n) is 8.76. The van der Waals surface area contributed by atoms with E-state index >= 15 is 0 Å². The van der Waals surface area contributed by atoms with Crippen molar-refractivity contribution in [3.05, 3.63) is 12.4 Å². The summed E-state index contributed by atoms with van der Waals surface area (Å²) in [5.74, 6) is 0.171. The molecular weight excluding hydrogens is 210 g/mol. The highest BCUT2D eigenvalue weighted by Gasteiger charge is 2.10. The third-order valence-corrected chi connectivity index (χ3v) is 1.78. The first-order chi connectivity index (χ1) is 7.70. The van der Waals surface area contributed by atoms with Crippen molar-refractivity contribution in [1.29, 1.82) is 0 Å². The van der Waals surface area contributed by atoms with Crippen LogP contribution in [0.25, 0.3) is 11.2 Å². The summed E-state index contributed by atoms with van der Waals surface area (Å²) in [4.78, 5) is 27.0. The van der Waals surface area contributed by atoms with Crippen LogP contribution in [0.15, 0.2) is 12.4 Å². The van der Waals surface area contributed by atoms with Crippen molar-refractivity contribution < 1.29 is 9.53 Å². The second-order valence-electron chi connectivity index (χ2n) is 2.97. The molecule has 0 aliphatic rings. The Hall–Kier alpha value is -2.31. The molecule has 0 bridgehead atoms. The maximum absolute atomic E-state index is 10.9. The van der Waals surface area contributed by atoms with Crippen LogP contribution in [-0.4, -0.2) is 33.0 Å². The maximum Gasteiger partial charge on any atom is 0.246 e. The second-order valence-corrected chi connectivity index (χ2v) is 2.97. The molecule has 82 valence electrons. The lowest BCUT2D eigenvalue weighted by molar-refractivity contribution is -0.114. The van der Waals surface area contributed by atoms with E-state index in [0.29, 0.717) is 11.2 Å². The van der Waals surface area contributed by atoms with Crippen LogP contribution >= 0.6 is 0 Å². The second kappa shape index (κ2) is 4.05. The number of nitrogens with one attached hydrogen (secondary N) is 1. The predicted molar refractivity (Wildman–Crippen MR) is 56.0 cm³/mol. The Morgan fingerprint density at radius 3 is 2.75 bits per heavy atom. The minimum Gasteiger partial charge on any atom is -0.479 e. The molecule has 2 heterocycles. The average molecular weight is 219 g/mol. The number of carbonyl (C=O) groups excluding carboxylic acids is 1. The molecule has 0 saturated heterocycles. The lowest BCUT2D eigenvalue weighted by Gasteiger charge is -2.05. The molecule has 0 fully saturated rings. The van der Waals surface area contributed by atoms with Crippen LogP contribution in [0.5, 0.6) is 5.88 Å². The molecule has 2 rings (SSSR count). The van der Waals surface area contributed by atoms with E-state index in [-0.39, 0.29) is 17.7 Å². The monoisotopic (exact) mass is 219 g/mol. The zero-order chi connectivity index (χ0) is 11.5. The van der Waals surface area contributed by atoms with Crippen LogP contribution in [0, 0.1) is 0 Å². The van der Waals surface area contributed by atoms with Gasteiger partial charge >= 0.3 is 0 Å². The highest BCUT2D eigenvalue weighted by atomic mass is 16.5. The molecule has 1 N–H and O–H groups in total. The average Bonchev–Trinajstić information content (AvgIpc) is 2.27. The Labute approximate surface area is 90.9 Å². The van der Waals surface area contributed by atoms with Crippen LogP contribution < -0.4 is 10.1 Å². The van der Waals surface area contributed by atoms with Crippen molar-refractivity contribution in [2.75, 3.05) is 12.4 Å². The van der Waals surface area contributed by atoms with Gasteiger partial charge in [-0.3, -0.25) is 10.1 Å². The Balaban J connectivity index is 2.58. The summed E-state index contributed by atoms with van der Waals surface area (Å²) in [6.07, 6.45) is 3.03. The van der Waals surface area contributed by atoms with Gasteiger partial charge in [0.2, 0.25) is 17.7 Å². The number of nitrogens with zero attached hydrogens (tertiary/aromatic N) is 4. The van der Waals surface area contributed by atoms with Crippen LogP contribution in [0.3, 0.4) is 0 Å². The number of methoxy groups -OCH3 is 1. The smallest absolute Gasteiger partial charge is 0.246 e. The lowest BCUT2D eigenvalue weighted by Crippen LogP contribution is -2.10. The zero-order valence-corrected chi connectivity index (χ0v) is 8.76. The number of rotatable bonds is 2. The Morgan fingerprint density at radius 2 is 2.06 bits per heavy atom. The topological polar surface area (TPSA) is 89.9 Å². The molecule has 0 atom stereocenters. The van der Waals surface area contributed by atoms with E-state index < -0.39 is 0 Å². The van der Waals surface area contributed by atoms with Crippen molar-refractivity contribution in [1.82, 2.24) is 19.9 Å². The van der Waals surface area contributed by atoms with Crippen LogP contribution in [0.4, 0.5) is 5.95 Å². The number of anilines is 1. The minimum atomic E-state index is -0.259. The number of ether oxygens (including phenoxy) is 1. The predicted octanol–water partition coefficient (Wildman–Crippen LogP) is 0.387. The number of hydrogen-bond donors (Lipinski definition) is 1. The SMILES string of the molecule is COc1nc(NC(C)=O)nc2nccnc12. The van der Waals surface area contributed by atoms with Crippen LogP contribution in [-0.2, 0) is 4.79 Å². The largest absolute Gasteiger partial charge is 0.479 e.